The number of nitrogens with zero attached hydrogens (tertiary/aromatic N) is 1. The summed E-state index contributed by atoms with van der Waals surface area (Å²) in [6.07, 6.45) is 0.301. The van der Waals surface area contributed by atoms with E-state index in [1.807, 2.05) is 32.3 Å². The van der Waals surface area contributed by atoms with Crippen LogP contribution in [0.15, 0.2) is 42.5 Å². The molecule has 2 N–H and O–H groups in total. The van der Waals surface area contributed by atoms with Gasteiger partial charge in [-0.15, -0.1) is 0 Å². The fraction of sp³-hybridized carbons (Fsp3) is 0.409. The number of carbonyl (C=O) groups is 1. The molecule has 2 aromatic rings. The fourth-order valence-electron chi connectivity index (χ4n) is 3.11. The van der Waals surface area contributed by atoms with Crippen LogP contribution in [0.2, 0.25) is 0 Å². The summed E-state index contributed by atoms with van der Waals surface area (Å²) in [7, 11) is 11.4. The third kappa shape index (κ3) is 5.63. The van der Waals surface area contributed by atoms with Gasteiger partial charge in [-0.25, -0.2) is 0 Å². The third-order valence-electron chi connectivity index (χ3n) is 4.82. The van der Waals surface area contributed by atoms with Crippen molar-refractivity contribution in [3.8, 4) is 11.5 Å². The molecule has 6 nitrogen and oxygen atoms in total. The number of carbonyl (C=O) groups excluding carboxylic acids is 1. The molecule has 2 rings (SSSR count). The molecule has 0 saturated heterocycles. The summed E-state index contributed by atoms with van der Waals surface area (Å²) in [5.41, 5.74) is 3.25. The monoisotopic (exact) mass is 386 g/mol. The Balaban J connectivity index is 2.00. The molecule has 0 spiro atoms. The molecule has 0 unspecified atom stereocenters. The first-order chi connectivity index (χ1) is 13.3. The number of hydrogen-bond acceptors (Lipinski definition) is 4. The topological polar surface area (TPSA) is 55.2 Å². The molecule has 152 valence electrons. The molecule has 28 heavy (non-hydrogen) atoms. The lowest BCUT2D eigenvalue weighted by Gasteiger charge is -2.23. The number of likely N-dealkylation sites (N-methyl/N-ethyl adjacent to an activating group) is 1. The van der Waals surface area contributed by atoms with Crippen LogP contribution >= 0.6 is 0 Å². The van der Waals surface area contributed by atoms with E-state index in [9.17, 15) is 4.79 Å². The molecule has 0 aliphatic carbocycles. The van der Waals surface area contributed by atoms with Gasteiger partial charge in [0.05, 0.1) is 41.3 Å². The molecule has 0 aliphatic heterocycles. The van der Waals surface area contributed by atoms with Gasteiger partial charge in [0.25, 0.3) is 0 Å². The quantitative estimate of drug-likeness (QED) is 0.682. The summed E-state index contributed by atoms with van der Waals surface area (Å²) in [4.78, 5) is 15.8. The Kier molecular flexibility index (Phi) is 7.70. The molecule has 0 aromatic heterocycles. The second kappa shape index (κ2) is 9.99. The Labute approximate surface area is 168 Å². The minimum Gasteiger partial charge on any atom is -0.493 e. The minimum atomic E-state index is -0.0108. The predicted octanol–water partition coefficient (Wildman–Crippen LogP) is 1.31. The normalized spacial score (nSPS) is 11.8. The molecule has 0 saturated carbocycles. The Morgan fingerprint density at radius 2 is 1.68 bits per heavy atom. The number of rotatable bonds is 9. The van der Waals surface area contributed by atoms with Crippen LogP contribution in [0.25, 0.3) is 0 Å². The second-order valence-electron chi connectivity index (χ2n) is 7.29. The van der Waals surface area contributed by atoms with Gasteiger partial charge in [-0.05, 0) is 29.8 Å². The van der Waals surface area contributed by atoms with Gasteiger partial charge in [0.2, 0.25) is 5.91 Å². The Hall–Kier alpha value is -2.73. The minimum absolute atomic E-state index is 0.0108. The first-order valence-electron chi connectivity index (χ1n) is 9.40. The van der Waals surface area contributed by atoms with E-state index in [0.717, 1.165) is 11.3 Å². The molecule has 2 aromatic carbocycles. The summed E-state index contributed by atoms with van der Waals surface area (Å²) in [6, 6.07) is 14.2. The zero-order valence-corrected chi connectivity index (χ0v) is 17.7. The van der Waals surface area contributed by atoms with Crippen molar-refractivity contribution in [2.45, 2.75) is 12.5 Å². The Bertz CT molecular complexity index is 773. The van der Waals surface area contributed by atoms with Crippen LogP contribution in [0.1, 0.15) is 17.2 Å². The van der Waals surface area contributed by atoms with Crippen molar-refractivity contribution < 1.29 is 19.2 Å². The molecule has 0 fully saturated rings. The third-order valence-corrected chi connectivity index (χ3v) is 4.82. The van der Waals surface area contributed by atoms with E-state index in [2.05, 4.69) is 48.6 Å². The summed E-state index contributed by atoms with van der Waals surface area (Å²) >= 11 is 0. The lowest BCUT2D eigenvalue weighted by atomic mass is 10.0. The summed E-state index contributed by atoms with van der Waals surface area (Å²) in [5.74, 6) is 1.27. The molecule has 1 amide bonds. The van der Waals surface area contributed by atoms with Crippen LogP contribution in [0.5, 0.6) is 11.5 Å². The highest BCUT2D eigenvalue weighted by molar-refractivity contribution is 5.78. The van der Waals surface area contributed by atoms with Gasteiger partial charge in [-0.2, -0.15) is 0 Å². The first-order valence-corrected chi connectivity index (χ1v) is 9.40. The van der Waals surface area contributed by atoms with Gasteiger partial charge in [0.15, 0.2) is 11.5 Å². The van der Waals surface area contributed by atoms with Crippen LogP contribution in [0.4, 0.5) is 5.69 Å². The standard InChI is InChI=1S/C22H31N3O3/c1-24(2)18-10-8-17(9-11-18)19(25(3)4)15-23-22(26)14-16-7-12-20(27-5)21(13-16)28-6/h7-13,19H,14-15H2,1-6H3,(H,23,26)/p+1/t19-/m0/s1. The summed E-state index contributed by atoms with van der Waals surface area (Å²) in [6.45, 7) is 0.579. The zero-order chi connectivity index (χ0) is 20.7. The molecular weight excluding hydrogens is 354 g/mol. The van der Waals surface area contributed by atoms with Crippen molar-refractivity contribution in [3.63, 3.8) is 0 Å². The predicted molar refractivity (Wildman–Crippen MR) is 113 cm³/mol. The van der Waals surface area contributed by atoms with Crippen LogP contribution in [0.3, 0.4) is 0 Å². The van der Waals surface area contributed by atoms with Gasteiger partial charge < -0.3 is 24.6 Å². The van der Waals surface area contributed by atoms with Crippen molar-refractivity contribution in [1.29, 1.82) is 0 Å². The van der Waals surface area contributed by atoms with Gasteiger partial charge in [0.1, 0.15) is 6.04 Å². The van der Waals surface area contributed by atoms with Gasteiger partial charge in [0, 0.05) is 25.3 Å². The summed E-state index contributed by atoms with van der Waals surface area (Å²) < 4.78 is 10.6. The molecule has 0 heterocycles. The van der Waals surface area contributed by atoms with E-state index >= 15 is 0 Å². The maximum Gasteiger partial charge on any atom is 0.224 e. The van der Waals surface area contributed by atoms with Crippen molar-refractivity contribution in [2.24, 2.45) is 0 Å². The van der Waals surface area contributed by atoms with Crippen LogP contribution in [0, 0.1) is 0 Å². The van der Waals surface area contributed by atoms with Crippen molar-refractivity contribution >= 4 is 11.6 Å². The zero-order valence-electron chi connectivity index (χ0n) is 17.7. The average molecular weight is 387 g/mol. The molecule has 0 radical (unpaired) electrons. The molecule has 0 bridgehead atoms. The number of anilines is 1. The molecule has 1 atom stereocenters. The van der Waals surface area contributed by atoms with Crippen LogP contribution in [-0.4, -0.2) is 54.9 Å². The molecule has 6 heteroatoms. The van der Waals surface area contributed by atoms with Crippen molar-refractivity contribution in [1.82, 2.24) is 5.32 Å². The highest BCUT2D eigenvalue weighted by Crippen LogP contribution is 2.27. The average Bonchev–Trinajstić information content (AvgIpc) is 2.68. The van der Waals surface area contributed by atoms with E-state index in [4.69, 9.17) is 9.47 Å². The van der Waals surface area contributed by atoms with Crippen LogP contribution in [-0.2, 0) is 11.2 Å². The first kappa shape index (κ1) is 21.6. The SMILES string of the molecule is COc1ccc(CC(=O)NC[C@@H](c2ccc(N(C)C)cc2)[NH+](C)C)cc1OC. The van der Waals surface area contributed by atoms with Crippen molar-refractivity contribution in [2.75, 3.05) is 53.9 Å². The highest BCUT2D eigenvalue weighted by atomic mass is 16.5. The molecule has 0 aliphatic rings. The number of benzene rings is 2. The van der Waals surface area contributed by atoms with E-state index in [0.29, 0.717) is 24.5 Å². The van der Waals surface area contributed by atoms with Crippen molar-refractivity contribution in [3.05, 3.63) is 53.6 Å². The second-order valence-corrected chi connectivity index (χ2v) is 7.29. The Morgan fingerprint density at radius 3 is 2.21 bits per heavy atom. The lowest BCUT2D eigenvalue weighted by molar-refractivity contribution is -0.890. The van der Waals surface area contributed by atoms with Crippen LogP contribution < -0.4 is 24.6 Å². The number of nitrogens with one attached hydrogen (secondary N) is 2. The largest absolute Gasteiger partial charge is 0.493 e. The lowest BCUT2D eigenvalue weighted by Crippen LogP contribution is -3.07. The van der Waals surface area contributed by atoms with E-state index in [1.165, 1.54) is 10.5 Å². The van der Waals surface area contributed by atoms with E-state index in [1.54, 1.807) is 14.2 Å². The number of hydrogen-bond donors (Lipinski definition) is 2. The maximum atomic E-state index is 12.5. The van der Waals surface area contributed by atoms with Gasteiger partial charge in [-0.3, -0.25) is 4.79 Å². The maximum absolute atomic E-state index is 12.5. The number of methoxy groups -OCH3 is 2. The van der Waals surface area contributed by atoms with E-state index in [-0.39, 0.29) is 11.9 Å². The Morgan fingerprint density at radius 1 is 1.04 bits per heavy atom. The van der Waals surface area contributed by atoms with Gasteiger partial charge in [-0.1, -0.05) is 18.2 Å². The number of amides is 1. The number of quaternary nitrogens is 1. The molecular formula is C22H32N3O3+. The van der Waals surface area contributed by atoms with Gasteiger partial charge >= 0.3 is 0 Å². The highest BCUT2D eigenvalue weighted by Gasteiger charge is 2.19. The summed E-state index contributed by atoms with van der Waals surface area (Å²) in [5, 5.41) is 3.07. The fourth-order valence-corrected chi connectivity index (χ4v) is 3.11. The van der Waals surface area contributed by atoms with E-state index < -0.39 is 0 Å². The number of ether oxygens (including phenoxy) is 2. The smallest absolute Gasteiger partial charge is 0.224 e.